The molecule has 15 heavy (non-hydrogen) atoms. The fraction of sp³-hybridized carbons (Fsp3) is 0. The van der Waals surface area contributed by atoms with Gasteiger partial charge < -0.3 is 11.5 Å². The van der Waals surface area contributed by atoms with Gasteiger partial charge in [0, 0.05) is 5.56 Å². The highest BCUT2D eigenvalue weighted by Crippen LogP contribution is 2.26. The number of aromatic amines is 1. The van der Waals surface area contributed by atoms with E-state index in [9.17, 15) is 0 Å². The Morgan fingerprint density at radius 1 is 1.13 bits per heavy atom. The lowest BCUT2D eigenvalue weighted by atomic mass is 10.1. The zero-order chi connectivity index (χ0) is 9.26. The third-order valence-corrected chi connectivity index (χ3v) is 1.73. The second kappa shape index (κ2) is 5.38. The number of nitrogen functional groups attached to an aromatic ring is 2. The molecule has 0 aliphatic heterocycles. The van der Waals surface area contributed by atoms with Crippen LogP contribution in [0.5, 0.6) is 0 Å². The highest BCUT2D eigenvalue weighted by molar-refractivity contribution is 5.85. The number of hydrogen-bond acceptors (Lipinski definition) is 5. The SMILES string of the molecule is Cl.Cl.Nc1cccc(-c2nn[nH]n2)c1N. The van der Waals surface area contributed by atoms with Gasteiger partial charge in [-0.25, -0.2) is 0 Å². The molecule has 0 spiro atoms. The zero-order valence-electron chi connectivity index (χ0n) is 7.54. The van der Waals surface area contributed by atoms with Gasteiger partial charge in [-0.1, -0.05) is 6.07 Å². The van der Waals surface area contributed by atoms with Crippen LogP contribution in [-0.2, 0) is 0 Å². The highest BCUT2D eigenvalue weighted by atomic mass is 35.5. The van der Waals surface area contributed by atoms with Crippen LogP contribution < -0.4 is 11.5 Å². The largest absolute Gasteiger partial charge is 0.397 e. The Morgan fingerprint density at radius 3 is 2.47 bits per heavy atom. The number of nitrogens with two attached hydrogens (primary N) is 2. The molecular formula is C7H10Cl2N6. The molecule has 1 heterocycles. The summed E-state index contributed by atoms with van der Waals surface area (Å²) in [6.07, 6.45) is 0. The summed E-state index contributed by atoms with van der Waals surface area (Å²) in [5, 5.41) is 13.4. The van der Waals surface area contributed by atoms with E-state index in [2.05, 4.69) is 20.6 Å². The Hall–Kier alpha value is -1.53. The normalized spacial score (nSPS) is 8.80. The molecule has 0 atom stereocenters. The smallest absolute Gasteiger partial charge is 0.206 e. The fourth-order valence-corrected chi connectivity index (χ4v) is 1.05. The minimum absolute atomic E-state index is 0. The number of anilines is 2. The monoisotopic (exact) mass is 248 g/mol. The maximum Gasteiger partial charge on any atom is 0.206 e. The molecule has 5 N–H and O–H groups in total. The fourth-order valence-electron chi connectivity index (χ4n) is 1.05. The van der Waals surface area contributed by atoms with E-state index in [-0.39, 0.29) is 24.8 Å². The summed E-state index contributed by atoms with van der Waals surface area (Å²) in [5.74, 6) is 0.449. The number of rotatable bonds is 1. The molecule has 0 amide bonds. The lowest BCUT2D eigenvalue weighted by Crippen LogP contribution is -1.97. The summed E-state index contributed by atoms with van der Waals surface area (Å²) in [6, 6.07) is 5.30. The van der Waals surface area contributed by atoms with Crippen LogP contribution in [0, 0.1) is 0 Å². The van der Waals surface area contributed by atoms with E-state index in [1.807, 2.05) is 0 Å². The average Bonchev–Trinajstić information content (AvgIpc) is 2.62. The summed E-state index contributed by atoms with van der Waals surface area (Å²) in [5.41, 5.74) is 13.0. The van der Waals surface area contributed by atoms with Crippen molar-refractivity contribution in [3.8, 4) is 11.4 Å². The molecule has 6 nitrogen and oxygen atoms in total. The van der Waals surface area contributed by atoms with Crippen molar-refractivity contribution >= 4 is 36.2 Å². The maximum atomic E-state index is 5.73. The topological polar surface area (TPSA) is 106 Å². The molecule has 1 aromatic carbocycles. The van der Waals surface area contributed by atoms with Crippen LogP contribution in [0.2, 0.25) is 0 Å². The Labute approximate surface area is 98.2 Å². The van der Waals surface area contributed by atoms with Gasteiger partial charge in [-0.3, -0.25) is 0 Å². The van der Waals surface area contributed by atoms with Crippen LogP contribution in [0.1, 0.15) is 0 Å². The molecule has 8 heteroatoms. The van der Waals surface area contributed by atoms with Crippen LogP contribution in [-0.4, -0.2) is 20.6 Å². The van der Waals surface area contributed by atoms with Gasteiger partial charge in [0.25, 0.3) is 0 Å². The first-order valence-corrected chi connectivity index (χ1v) is 3.67. The summed E-state index contributed by atoms with van der Waals surface area (Å²) in [7, 11) is 0. The predicted molar refractivity (Wildman–Crippen MR) is 62.9 cm³/mol. The van der Waals surface area contributed by atoms with Gasteiger partial charge in [0.05, 0.1) is 11.4 Å². The van der Waals surface area contributed by atoms with Gasteiger partial charge in [0.15, 0.2) is 0 Å². The number of H-pyrrole nitrogens is 1. The van der Waals surface area contributed by atoms with E-state index >= 15 is 0 Å². The molecular weight excluding hydrogens is 239 g/mol. The third-order valence-electron chi connectivity index (χ3n) is 1.73. The van der Waals surface area contributed by atoms with Gasteiger partial charge in [-0.05, 0) is 17.3 Å². The number of hydrogen-bond donors (Lipinski definition) is 3. The standard InChI is InChI=1S/C7H8N6.2ClH/c8-5-3-1-2-4(6(5)9)7-10-12-13-11-7;;/h1-3H,8-9H2,(H,10,11,12,13);2*1H. The van der Waals surface area contributed by atoms with E-state index in [0.29, 0.717) is 22.8 Å². The summed E-state index contributed by atoms with van der Waals surface area (Å²) >= 11 is 0. The van der Waals surface area contributed by atoms with Crippen LogP contribution in [0.4, 0.5) is 11.4 Å². The second-order valence-corrected chi connectivity index (χ2v) is 2.54. The van der Waals surface area contributed by atoms with Crippen LogP contribution >= 0.6 is 24.8 Å². The predicted octanol–water partition coefficient (Wildman–Crippen LogP) is 0.875. The summed E-state index contributed by atoms with van der Waals surface area (Å²) in [6.45, 7) is 0. The van der Waals surface area contributed by atoms with E-state index in [0.717, 1.165) is 0 Å². The number of para-hydroxylation sites is 1. The van der Waals surface area contributed by atoms with Gasteiger partial charge in [0.2, 0.25) is 5.82 Å². The molecule has 0 unspecified atom stereocenters. The van der Waals surface area contributed by atoms with Crippen molar-refractivity contribution in [1.82, 2.24) is 20.6 Å². The van der Waals surface area contributed by atoms with E-state index < -0.39 is 0 Å². The number of nitrogens with zero attached hydrogens (tertiary/aromatic N) is 3. The van der Waals surface area contributed by atoms with Crippen molar-refractivity contribution in [3.05, 3.63) is 18.2 Å². The van der Waals surface area contributed by atoms with Gasteiger partial charge in [0.1, 0.15) is 0 Å². The summed E-state index contributed by atoms with van der Waals surface area (Å²) < 4.78 is 0. The maximum absolute atomic E-state index is 5.73. The first kappa shape index (κ1) is 13.5. The number of tetrazole rings is 1. The van der Waals surface area contributed by atoms with Crippen molar-refractivity contribution in [2.75, 3.05) is 11.5 Å². The van der Waals surface area contributed by atoms with Gasteiger partial charge in [-0.2, -0.15) is 5.21 Å². The number of halogens is 2. The Bertz CT molecular complexity index is 415. The molecule has 2 aromatic rings. The van der Waals surface area contributed by atoms with E-state index in [4.69, 9.17) is 11.5 Å². The van der Waals surface area contributed by atoms with Crippen molar-refractivity contribution in [2.24, 2.45) is 0 Å². The third kappa shape index (κ3) is 2.48. The lowest BCUT2D eigenvalue weighted by Gasteiger charge is -2.02. The molecule has 0 bridgehead atoms. The van der Waals surface area contributed by atoms with E-state index in [1.54, 1.807) is 18.2 Å². The first-order chi connectivity index (χ1) is 6.29. The highest BCUT2D eigenvalue weighted by Gasteiger charge is 2.07. The average molecular weight is 249 g/mol. The molecule has 0 radical (unpaired) electrons. The minimum atomic E-state index is 0. The van der Waals surface area contributed by atoms with Crippen molar-refractivity contribution in [3.63, 3.8) is 0 Å². The van der Waals surface area contributed by atoms with Gasteiger partial charge >= 0.3 is 0 Å². The number of benzene rings is 1. The van der Waals surface area contributed by atoms with E-state index in [1.165, 1.54) is 0 Å². The summed E-state index contributed by atoms with van der Waals surface area (Å²) in [4.78, 5) is 0. The molecule has 2 rings (SSSR count). The minimum Gasteiger partial charge on any atom is -0.397 e. The number of nitrogens with one attached hydrogen (secondary N) is 1. The van der Waals surface area contributed by atoms with Crippen LogP contribution in [0.25, 0.3) is 11.4 Å². The molecule has 0 aliphatic carbocycles. The molecule has 0 fully saturated rings. The molecule has 0 saturated carbocycles. The van der Waals surface area contributed by atoms with Crippen molar-refractivity contribution < 1.29 is 0 Å². The quantitative estimate of drug-likeness (QED) is 0.650. The first-order valence-electron chi connectivity index (χ1n) is 3.67. The number of aromatic nitrogens is 4. The second-order valence-electron chi connectivity index (χ2n) is 2.54. The molecule has 82 valence electrons. The molecule has 0 saturated heterocycles. The Morgan fingerprint density at radius 2 is 1.87 bits per heavy atom. The molecule has 0 aliphatic rings. The van der Waals surface area contributed by atoms with Crippen molar-refractivity contribution in [1.29, 1.82) is 0 Å². The zero-order valence-corrected chi connectivity index (χ0v) is 9.18. The van der Waals surface area contributed by atoms with Crippen molar-refractivity contribution in [2.45, 2.75) is 0 Å². The Balaban J connectivity index is 0.000000980. The Kier molecular flexibility index (Phi) is 4.83. The van der Waals surface area contributed by atoms with Crippen LogP contribution in [0.3, 0.4) is 0 Å². The molecule has 1 aromatic heterocycles. The van der Waals surface area contributed by atoms with Crippen LogP contribution in [0.15, 0.2) is 18.2 Å². The van der Waals surface area contributed by atoms with Gasteiger partial charge in [-0.15, -0.1) is 35.0 Å². The lowest BCUT2D eigenvalue weighted by molar-refractivity contribution is 0.881.